The molecule has 0 saturated carbocycles. The summed E-state index contributed by atoms with van der Waals surface area (Å²) in [6, 6.07) is 3.53. The van der Waals surface area contributed by atoms with Gasteiger partial charge in [0.25, 0.3) is 5.91 Å². The zero-order valence-corrected chi connectivity index (χ0v) is 13.3. The number of benzene rings is 1. The van der Waals surface area contributed by atoms with Gasteiger partial charge in [-0.05, 0) is 32.0 Å². The minimum Gasteiger partial charge on any atom is -0.496 e. The van der Waals surface area contributed by atoms with Crippen LogP contribution in [0.1, 0.15) is 24.2 Å². The normalized spacial score (nSPS) is 12.4. The van der Waals surface area contributed by atoms with Crippen molar-refractivity contribution in [3.8, 4) is 5.75 Å². The number of carbonyl (C=O) groups is 2. The molecule has 8 nitrogen and oxygen atoms in total. The largest absolute Gasteiger partial charge is 0.496 e. The van der Waals surface area contributed by atoms with Gasteiger partial charge in [-0.15, -0.1) is 0 Å². The fourth-order valence-electron chi connectivity index (χ4n) is 1.62. The second-order valence-electron chi connectivity index (χ2n) is 4.35. The molecule has 1 amide bonds. The Morgan fingerprint density at radius 2 is 2.00 bits per heavy atom. The zero-order valence-electron chi connectivity index (χ0n) is 12.5. The van der Waals surface area contributed by atoms with Gasteiger partial charge in [0.1, 0.15) is 11.3 Å². The third-order valence-electron chi connectivity index (χ3n) is 2.72. The minimum absolute atomic E-state index is 0.112. The molecule has 122 valence electrons. The van der Waals surface area contributed by atoms with Crippen LogP contribution >= 0.6 is 0 Å². The molecule has 0 aromatic heterocycles. The first kappa shape index (κ1) is 17.9. The lowest BCUT2D eigenvalue weighted by atomic mass is 10.2. The molecule has 1 atom stereocenters. The van der Waals surface area contributed by atoms with Gasteiger partial charge in [0.05, 0.1) is 12.0 Å². The predicted octanol–water partition coefficient (Wildman–Crippen LogP) is 0.0240. The molecule has 22 heavy (non-hydrogen) atoms. The van der Waals surface area contributed by atoms with Gasteiger partial charge in [0.15, 0.2) is 6.10 Å². The molecule has 0 radical (unpaired) electrons. The van der Waals surface area contributed by atoms with Gasteiger partial charge in [0, 0.05) is 6.54 Å². The number of hydrogen-bond acceptors (Lipinski definition) is 6. The molecular weight excluding hydrogens is 312 g/mol. The van der Waals surface area contributed by atoms with Crippen LogP contribution in [-0.2, 0) is 19.6 Å². The molecule has 0 aliphatic carbocycles. The van der Waals surface area contributed by atoms with Crippen LogP contribution in [0.5, 0.6) is 5.75 Å². The standard InChI is InChI=1S/C13H18N2O6S/c1-4-15-12(16)8(2)21-13(17)10-7-9(22(14,18)19)5-6-11(10)20-3/h5-8H,4H2,1-3H3,(H,15,16)(H2,14,18,19)/t8-/m0/s1. The van der Waals surface area contributed by atoms with E-state index in [2.05, 4.69) is 5.32 Å². The SMILES string of the molecule is CCNC(=O)[C@H](C)OC(=O)c1cc(S(N)(=O)=O)ccc1OC. The highest BCUT2D eigenvalue weighted by Gasteiger charge is 2.22. The summed E-state index contributed by atoms with van der Waals surface area (Å²) in [4.78, 5) is 23.4. The Bertz CT molecular complexity index is 671. The number of carbonyl (C=O) groups excluding carboxylic acids is 2. The van der Waals surface area contributed by atoms with Crippen LogP contribution in [0, 0.1) is 0 Å². The molecule has 0 aliphatic rings. The van der Waals surface area contributed by atoms with Crippen molar-refractivity contribution in [2.24, 2.45) is 5.14 Å². The van der Waals surface area contributed by atoms with E-state index in [1.165, 1.54) is 26.2 Å². The van der Waals surface area contributed by atoms with Crippen molar-refractivity contribution < 1.29 is 27.5 Å². The number of hydrogen-bond donors (Lipinski definition) is 2. The van der Waals surface area contributed by atoms with Crippen molar-refractivity contribution in [3.05, 3.63) is 23.8 Å². The molecule has 0 spiro atoms. The van der Waals surface area contributed by atoms with E-state index in [0.717, 1.165) is 6.07 Å². The number of sulfonamides is 1. The Balaban J connectivity index is 3.08. The molecule has 9 heteroatoms. The summed E-state index contributed by atoms with van der Waals surface area (Å²) < 4.78 is 32.7. The molecule has 0 aliphatic heterocycles. The number of amides is 1. The second kappa shape index (κ2) is 7.23. The number of nitrogens with two attached hydrogens (primary N) is 1. The van der Waals surface area contributed by atoms with Crippen molar-refractivity contribution in [3.63, 3.8) is 0 Å². The molecular formula is C13H18N2O6S. The fraction of sp³-hybridized carbons (Fsp3) is 0.385. The highest BCUT2D eigenvalue weighted by atomic mass is 32.2. The minimum atomic E-state index is -3.98. The van der Waals surface area contributed by atoms with Crippen LogP contribution in [0.2, 0.25) is 0 Å². The summed E-state index contributed by atoms with van der Waals surface area (Å²) in [6.07, 6.45) is -1.03. The van der Waals surface area contributed by atoms with Crippen LogP contribution in [0.4, 0.5) is 0 Å². The van der Waals surface area contributed by atoms with Crippen molar-refractivity contribution in [1.29, 1.82) is 0 Å². The Kier molecular flexibility index (Phi) is 5.89. The maximum Gasteiger partial charge on any atom is 0.342 e. The van der Waals surface area contributed by atoms with Crippen LogP contribution in [0.25, 0.3) is 0 Å². The first-order chi connectivity index (χ1) is 10.2. The van der Waals surface area contributed by atoms with Crippen molar-refractivity contribution in [2.75, 3.05) is 13.7 Å². The number of primary sulfonamides is 1. The monoisotopic (exact) mass is 330 g/mol. The molecule has 0 bridgehead atoms. The maximum absolute atomic E-state index is 12.1. The lowest BCUT2D eigenvalue weighted by Crippen LogP contribution is -2.35. The number of likely N-dealkylation sites (N-methyl/N-ethyl adjacent to an activating group) is 1. The molecule has 1 aromatic carbocycles. The summed E-state index contributed by atoms with van der Waals surface area (Å²) >= 11 is 0. The summed E-state index contributed by atoms with van der Waals surface area (Å²) in [7, 11) is -2.66. The zero-order chi connectivity index (χ0) is 16.9. The van der Waals surface area contributed by atoms with E-state index < -0.39 is 28.0 Å². The van der Waals surface area contributed by atoms with Crippen LogP contribution in [0.15, 0.2) is 23.1 Å². The third kappa shape index (κ3) is 4.43. The van der Waals surface area contributed by atoms with Crippen molar-refractivity contribution in [2.45, 2.75) is 24.8 Å². The van der Waals surface area contributed by atoms with Gasteiger partial charge >= 0.3 is 5.97 Å². The number of methoxy groups -OCH3 is 1. The average Bonchev–Trinajstić information content (AvgIpc) is 2.45. The van der Waals surface area contributed by atoms with Gasteiger partial charge in [-0.3, -0.25) is 4.79 Å². The average molecular weight is 330 g/mol. The summed E-state index contributed by atoms with van der Waals surface area (Å²) in [5.74, 6) is -1.24. The third-order valence-corrected chi connectivity index (χ3v) is 3.63. The number of rotatable bonds is 6. The summed E-state index contributed by atoms with van der Waals surface area (Å²) in [5, 5.41) is 7.52. The topological polar surface area (TPSA) is 125 Å². The van der Waals surface area contributed by atoms with Crippen LogP contribution in [-0.4, -0.2) is 40.1 Å². The Morgan fingerprint density at radius 1 is 1.36 bits per heavy atom. The molecule has 0 fully saturated rings. The maximum atomic E-state index is 12.1. The Hall–Kier alpha value is -2.13. The van der Waals surface area contributed by atoms with Crippen molar-refractivity contribution >= 4 is 21.9 Å². The van der Waals surface area contributed by atoms with E-state index in [-0.39, 0.29) is 16.2 Å². The molecule has 1 aromatic rings. The van der Waals surface area contributed by atoms with Gasteiger partial charge in [0.2, 0.25) is 10.0 Å². The number of nitrogens with one attached hydrogen (secondary N) is 1. The van der Waals surface area contributed by atoms with Gasteiger partial charge in [-0.25, -0.2) is 18.4 Å². The van der Waals surface area contributed by atoms with Crippen LogP contribution in [0.3, 0.4) is 0 Å². The molecule has 1 rings (SSSR count). The number of esters is 1. The van der Waals surface area contributed by atoms with E-state index in [4.69, 9.17) is 14.6 Å². The second-order valence-corrected chi connectivity index (χ2v) is 5.91. The van der Waals surface area contributed by atoms with Gasteiger partial charge < -0.3 is 14.8 Å². The number of ether oxygens (including phenoxy) is 2. The fourth-order valence-corrected chi connectivity index (χ4v) is 2.16. The quantitative estimate of drug-likeness (QED) is 0.709. The molecule has 0 saturated heterocycles. The first-order valence-electron chi connectivity index (χ1n) is 6.40. The van der Waals surface area contributed by atoms with Gasteiger partial charge in [-0.2, -0.15) is 0 Å². The highest BCUT2D eigenvalue weighted by molar-refractivity contribution is 7.89. The van der Waals surface area contributed by atoms with E-state index in [0.29, 0.717) is 6.54 Å². The molecule has 0 heterocycles. The lowest BCUT2D eigenvalue weighted by Gasteiger charge is -2.14. The smallest absolute Gasteiger partial charge is 0.342 e. The van der Waals surface area contributed by atoms with E-state index >= 15 is 0 Å². The summed E-state index contributed by atoms with van der Waals surface area (Å²) in [6.45, 7) is 3.52. The van der Waals surface area contributed by atoms with Crippen molar-refractivity contribution in [1.82, 2.24) is 5.32 Å². The van der Waals surface area contributed by atoms with Gasteiger partial charge in [-0.1, -0.05) is 0 Å². The van der Waals surface area contributed by atoms with E-state index in [1.54, 1.807) is 6.92 Å². The summed E-state index contributed by atoms with van der Waals surface area (Å²) in [5.41, 5.74) is -0.134. The highest BCUT2D eigenvalue weighted by Crippen LogP contribution is 2.23. The van der Waals surface area contributed by atoms with E-state index in [1.807, 2.05) is 0 Å². The Morgan fingerprint density at radius 3 is 2.50 bits per heavy atom. The lowest BCUT2D eigenvalue weighted by molar-refractivity contribution is -0.128. The predicted molar refractivity (Wildman–Crippen MR) is 77.9 cm³/mol. The molecule has 0 unspecified atom stereocenters. The van der Waals surface area contributed by atoms with E-state index in [9.17, 15) is 18.0 Å². The van der Waals surface area contributed by atoms with Crippen LogP contribution < -0.4 is 15.2 Å². The molecule has 3 N–H and O–H groups in total. The first-order valence-corrected chi connectivity index (χ1v) is 7.94. The Labute approximate surface area is 128 Å².